The van der Waals surface area contributed by atoms with E-state index >= 15 is 0 Å². The van der Waals surface area contributed by atoms with Gasteiger partial charge in [0.15, 0.2) is 11.9 Å². The van der Waals surface area contributed by atoms with E-state index in [4.69, 9.17) is 4.74 Å². The highest BCUT2D eigenvalue weighted by Crippen LogP contribution is 2.28. The summed E-state index contributed by atoms with van der Waals surface area (Å²) in [4.78, 5) is 16.8. The Bertz CT molecular complexity index is 906. The van der Waals surface area contributed by atoms with Crippen molar-refractivity contribution in [3.05, 3.63) is 65.6 Å². The second-order valence-corrected chi connectivity index (χ2v) is 6.15. The van der Waals surface area contributed by atoms with Gasteiger partial charge in [-0.3, -0.25) is 4.79 Å². The Morgan fingerprint density at radius 3 is 2.76 bits per heavy atom. The maximum absolute atomic E-state index is 12.4. The summed E-state index contributed by atoms with van der Waals surface area (Å²) in [5.41, 5.74) is 3.64. The van der Waals surface area contributed by atoms with Crippen LogP contribution >= 0.6 is 0 Å². The Balaban J connectivity index is 1.45. The monoisotopic (exact) mass is 334 g/mol. The first kappa shape index (κ1) is 15.4. The van der Waals surface area contributed by atoms with Crippen molar-refractivity contribution in [3.63, 3.8) is 0 Å². The van der Waals surface area contributed by atoms with Gasteiger partial charge in [-0.15, -0.1) is 0 Å². The zero-order valence-electron chi connectivity index (χ0n) is 14.1. The van der Waals surface area contributed by atoms with Crippen molar-refractivity contribution in [3.8, 4) is 11.6 Å². The average Bonchev–Trinajstić information content (AvgIpc) is 3.18. The van der Waals surface area contributed by atoms with Crippen molar-refractivity contribution in [2.24, 2.45) is 0 Å². The number of hydrogen-bond acceptors (Lipinski definition) is 4. The van der Waals surface area contributed by atoms with Gasteiger partial charge in [-0.1, -0.05) is 18.2 Å². The molecule has 1 aromatic carbocycles. The molecule has 1 amide bonds. The molecule has 0 saturated carbocycles. The lowest BCUT2D eigenvalue weighted by atomic mass is 10.1. The number of amides is 1. The smallest absolute Gasteiger partial charge is 0.265 e. The first-order valence-corrected chi connectivity index (χ1v) is 8.15. The van der Waals surface area contributed by atoms with Crippen LogP contribution < -0.4 is 10.1 Å². The van der Waals surface area contributed by atoms with Crippen molar-refractivity contribution in [1.29, 1.82) is 0 Å². The number of ether oxygens (including phenoxy) is 1. The van der Waals surface area contributed by atoms with E-state index in [0.717, 1.165) is 22.7 Å². The van der Waals surface area contributed by atoms with Gasteiger partial charge in [0.25, 0.3) is 5.91 Å². The molecular formula is C19H18N4O2. The minimum Gasteiger partial charge on any atom is -0.480 e. The number of nitrogens with zero attached hydrogens (tertiary/aromatic N) is 3. The third kappa shape index (κ3) is 2.98. The predicted octanol–water partition coefficient (Wildman–Crippen LogP) is 2.83. The third-order valence-electron chi connectivity index (χ3n) is 4.18. The Labute approximate surface area is 145 Å². The van der Waals surface area contributed by atoms with E-state index in [1.54, 1.807) is 10.9 Å². The predicted molar refractivity (Wildman–Crippen MR) is 94.0 cm³/mol. The number of pyridine rings is 1. The van der Waals surface area contributed by atoms with E-state index in [0.29, 0.717) is 17.9 Å². The average molecular weight is 334 g/mol. The molecule has 0 aliphatic carbocycles. The molecule has 1 aliphatic rings. The van der Waals surface area contributed by atoms with E-state index in [1.807, 2.05) is 56.3 Å². The highest BCUT2D eigenvalue weighted by atomic mass is 16.5. The molecule has 0 bridgehead atoms. The molecule has 6 nitrogen and oxygen atoms in total. The third-order valence-corrected chi connectivity index (χ3v) is 4.18. The fourth-order valence-corrected chi connectivity index (χ4v) is 3.00. The summed E-state index contributed by atoms with van der Waals surface area (Å²) in [6.07, 6.45) is 1.71. The zero-order chi connectivity index (χ0) is 17.4. The lowest BCUT2D eigenvalue weighted by molar-refractivity contribution is -0.122. The Kier molecular flexibility index (Phi) is 3.72. The molecule has 3 heterocycles. The summed E-state index contributed by atoms with van der Waals surface area (Å²) in [6, 6.07) is 13.4. The molecule has 126 valence electrons. The van der Waals surface area contributed by atoms with Crippen molar-refractivity contribution < 1.29 is 9.53 Å². The molecule has 6 heteroatoms. The second-order valence-electron chi connectivity index (χ2n) is 6.15. The van der Waals surface area contributed by atoms with E-state index in [1.165, 1.54) is 0 Å². The van der Waals surface area contributed by atoms with Gasteiger partial charge in [-0.05, 0) is 43.7 Å². The largest absolute Gasteiger partial charge is 0.480 e. The van der Waals surface area contributed by atoms with Crippen LogP contribution in [0.4, 0.5) is 5.69 Å². The molecule has 3 aromatic rings. The number of fused-ring (bicyclic) bond motifs is 1. The zero-order valence-corrected chi connectivity index (χ0v) is 14.1. The van der Waals surface area contributed by atoms with E-state index in [9.17, 15) is 4.79 Å². The highest BCUT2D eigenvalue weighted by molar-refractivity contribution is 5.95. The lowest BCUT2D eigenvalue weighted by Gasteiger charge is -2.11. The Morgan fingerprint density at radius 1 is 1.24 bits per heavy atom. The van der Waals surface area contributed by atoms with Crippen molar-refractivity contribution >= 4 is 11.6 Å². The molecule has 4 rings (SSSR count). The Hall–Kier alpha value is -3.15. The first-order valence-electron chi connectivity index (χ1n) is 8.15. The summed E-state index contributed by atoms with van der Waals surface area (Å²) >= 11 is 0. The minimum absolute atomic E-state index is 0.170. The summed E-state index contributed by atoms with van der Waals surface area (Å²) in [7, 11) is 0. The highest BCUT2D eigenvalue weighted by Gasteiger charge is 2.28. The van der Waals surface area contributed by atoms with Crippen LogP contribution in [0.15, 0.2) is 48.7 Å². The number of benzene rings is 1. The standard InChI is InChI=1S/C19H18N4O2/c1-12-9-13(2)23(22-12)18-8-7-15(11-20-18)21-19(24)17-10-14-5-3-4-6-16(14)25-17/h3-9,11,17H,10H2,1-2H3,(H,21,24)/t17-/m0/s1. The number of nitrogens with one attached hydrogen (secondary N) is 1. The topological polar surface area (TPSA) is 69.0 Å². The van der Waals surface area contributed by atoms with Crippen LogP contribution in [0.5, 0.6) is 5.75 Å². The van der Waals surface area contributed by atoms with Gasteiger partial charge in [0.1, 0.15) is 5.75 Å². The Morgan fingerprint density at radius 2 is 2.08 bits per heavy atom. The molecule has 2 aromatic heterocycles. The number of carbonyl (C=O) groups is 1. The van der Waals surface area contributed by atoms with Crippen LogP contribution in [-0.4, -0.2) is 26.8 Å². The maximum Gasteiger partial charge on any atom is 0.265 e. The number of aromatic nitrogens is 3. The van der Waals surface area contributed by atoms with Crippen LogP contribution in [0, 0.1) is 13.8 Å². The fourth-order valence-electron chi connectivity index (χ4n) is 3.00. The summed E-state index contributed by atoms with van der Waals surface area (Å²) in [5, 5.41) is 7.26. The molecule has 0 saturated heterocycles. The molecule has 0 radical (unpaired) electrons. The van der Waals surface area contributed by atoms with Crippen LogP contribution in [0.3, 0.4) is 0 Å². The van der Waals surface area contributed by atoms with Gasteiger partial charge in [-0.2, -0.15) is 5.10 Å². The molecular weight excluding hydrogens is 316 g/mol. The quantitative estimate of drug-likeness (QED) is 0.800. The number of para-hydroxylation sites is 1. The van der Waals surface area contributed by atoms with Gasteiger partial charge >= 0.3 is 0 Å². The van der Waals surface area contributed by atoms with Gasteiger partial charge in [0.2, 0.25) is 0 Å². The van der Waals surface area contributed by atoms with Gasteiger partial charge in [0, 0.05) is 12.1 Å². The normalized spacial score (nSPS) is 15.5. The lowest BCUT2D eigenvalue weighted by Crippen LogP contribution is -2.31. The molecule has 1 atom stereocenters. The maximum atomic E-state index is 12.4. The van der Waals surface area contributed by atoms with E-state index in [-0.39, 0.29) is 5.91 Å². The van der Waals surface area contributed by atoms with Gasteiger partial charge < -0.3 is 10.1 Å². The molecule has 0 spiro atoms. The van der Waals surface area contributed by atoms with Crippen molar-refractivity contribution in [2.75, 3.05) is 5.32 Å². The first-order chi connectivity index (χ1) is 12.1. The second kappa shape index (κ2) is 6.05. The summed E-state index contributed by atoms with van der Waals surface area (Å²) in [6.45, 7) is 3.92. The number of anilines is 1. The molecule has 25 heavy (non-hydrogen) atoms. The number of hydrogen-bond donors (Lipinski definition) is 1. The van der Waals surface area contributed by atoms with Crippen molar-refractivity contribution in [2.45, 2.75) is 26.4 Å². The molecule has 1 N–H and O–H groups in total. The van der Waals surface area contributed by atoms with E-state index in [2.05, 4.69) is 15.4 Å². The SMILES string of the molecule is Cc1cc(C)n(-c2ccc(NC(=O)[C@@H]3Cc4ccccc4O3)cn2)n1. The van der Waals surface area contributed by atoms with E-state index < -0.39 is 6.10 Å². The number of aryl methyl sites for hydroxylation is 2. The van der Waals surface area contributed by atoms with Crippen LogP contribution in [0.2, 0.25) is 0 Å². The van der Waals surface area contributed by atoms with Gasteiger partial charge in [-0.25, -0.2) is 9.67 Å². The molecule has 1 aliphatic heterocycles. The minimum atomic E-state index is -0.506. The van der Waals surface area contributed by atoms with Crippen molar-refractivity contribution in [1.82, 2.24) is 14.8 Å². The summed E-state index contributed by atoms with van der Waals surface area (Å²) < 4.78 is 7.48. The number of carbonyl (C=O) groups excluding carboxylic acids is 1. The van der Waals surface area contributed by atoms with Gasteiger partial charge in [0.05, 0.1) is 17.6 Å². The van der Waals surface area contributed by atoms with Crippen LogP contribution in [0.1, 0.15) is 17.0 Å². The number of rotatable bonds is 3. The van der Waals surface area contributed by atoms with Crippen LogP contribution in [0.25, 0.3) is 5.82 Å². The van der Waals surface area contributed by atoms with Crippen LogP contribution in [-0.2, 0) is 11.2 Å². The fraction of sp³-hybridized carbons (Fsp3) is 0.211. The summed E-state index contributed by atoms with van der Waals surface area (Å²) in [5.74, 6) is 1.32. The molecule has 0 unspecified atom stereocenters. The molecule has 0 fully saturated rings.